The van der Waals surface area contributed by atoms with E-state index in [1.807, 2.05) is 84.9 Å². The Labute approximate surface area is 259 Å². The van der Waals surface area contributed by atoms with Gasteiger partial charge in [-0.1, -0.05) is 90.6 Å². The van der Waals surface area contributed by atoms with E-state index in [0.717, 1.165) is 39.7 Å². The molecule has 1 aliphatic heterocycles. The summed E-state index contributed by atoms with van der Waals surface area (Å²) in [7, 11) is 0. The summed E-state index contributed by atoms with van der Waals surface area (Å²) in [5, 5.41) is 9.53. The van der Waals surface area contributed by atoms with Crippen LogP contribution in [0.4, 0.5) is 14.9 Å². The van der Waals surface area contributed by atoms with Crippen LogP contribution in [0.3, 0.4) is 0 Å². The maximum absolute atomic E-state index is 13.6. The summed E-state index contributed by atoms with van der Waals surface area (Å²) in [6.07, 6.45) is 3.19. The van der Waals surface area contributed by atoms with Gasteiger partial charge in [0.25, 0.3) is 5.24 Å². The van der Waals surface area contributed by atoms with Gasteiger partial charge in [-0.25, -0.2) is 4.39 Å². The molecule has 1 aliphatic rings. The highest BCUT2D eigenvalue weighted by Gasteiger charge is 2.42. The van der Waals surface area contributed by atoms with Crippen molar-refractivity contribution in [1.82, 2.24) is 0 Å². The predicted octanol–water partition coefficient (Wildman–Crippen LogP) is 9.00. The van der Waals surface area contributed by atoms with Crippen LogP contribution in [-0.2, 0) is 6.61 Å². The minimum atomic E-state index is -0.504. The zero-order chi connectivity index (χ0) is 30.5. The number of phenols is 1. The fourth-order valence-electron chi connectivity index (χ4n) is 5.21. The lowest BCUT2D eigenvalue weighted by Crippen LogP contribution is -2.29. The molecule has 1 saturated heterocycles. The topological polar surface area (TPSA) is 66.8 Å². The van der Waals surface area contributed by atoms with E-state index in [1.54, 1.807) is 29.2 Å². The van der Waals surface area contributed by atoms with Crippen LogP contribution in [0.5, 0.6) is 11.5 Å². The van der Waals surface area contributed by atoms with E-state index >= 15 is 0 Å². The van der Waals surface area contributed by atoms with E-state index in [1.165, 1.54) is 30.3 Å². The van der Waals surface area contributed by atoms with Gasteiger partial charge >= 0.3 is 0 Å². The first-order valence-electron chi connectivity index (χ1n) is 14.1. The third-order valence-electron chi connectivity index (χ3n) is 7.37. The number of rotatable bonds is 9. The molecular weight excluding hydrogens is 573 g/mol. The molecule has 1 fully saturated rings. The molecule has 0 radical (unpaired) electrons. The molecule has 1 N–H and O–H groups in total. The molecule has 2 atom stereocenters. The number of para-hydroxylation sites is 1. The SMILES string of the molecule is O=C(/C=C/[C@H]1SC(=O)N(c2ccccc2)[C@@H]1c1ccc(-c2cccc(O)c2)cc1OCc1ccccc1)c1ccc(F)cc1. The van der Waals surface area contributed by atoms with Crippen molar-refractivity contribution in [3.8, 4) is 22.6 Å². The Balaban J connectivity index is 1.43. The molecule has 0 unspecified atom stereocenters. The number of hydrogen-bond acceptors (Lipinski definition) is 5. The largest absolute Gasteiger partial charge is 0.508 e. The summed E-state index contributed by atoms with van der Waals surface area (Å²) in [5.41, 5.74) is 4.50. The molecule has 0 aliphatic carbocycles. The average molecular weight is 602 g/mol. The second-order valence-corrected chi connectivity index (χ2v) is 11.4. The summed E-state index contributed by atoms with van der Waals surface area (Å²) >= 11 is 1.14. The molecular formula is C37H28FNO4S. The lowest BCUT2D eigenvalue weighted by Gasteiger charge is -2.28. The quantitative estimate of drug-likeness (QED) is 0.135. The monoisotopic (exact) mass is 601 g/mol. The summed E-state index contributed by atoms with van der Waals surface area (Å²) < 4.78 is 19.9. The van der Waals surface area contributed by atoms with Crippen molar-refractivity contribution in [2.24, 2.45) is 0 Å². The molecule has 1 amide bonds. The second-order valence-electron chi connectivity index (χ2n) is 10.3. The number of ketones is 1. The van der Waals surface area contributed by atoms with Crippen LogP contribution in [0, 0.1) is 5.82 Å². The third kappa shape index (κ3) is 6.43. The van der Waals surface area contributed by atoms with Crippen molar-refractivity contribution in [3.63, 3.8) is 0 Å². The number of ether oxygens (including phenoxy) is 1. The number of benzene rings is 5. The number of allylic oxidation sites excluding steroid dienone is 1. The number of anilines is 1. The number of carbonyl (C=O) groups excluding carboxylic acids is 2. The maximum atomic E-state index is 13.6. The lowest BCUT2D eigenvalue weighted by atomic mass is 9.95. The molecule has 0 saturated carbocycles. The molecule has 1 heterocycles. The van der Waals surface area contributed by atoms with Crippen molar-refractivity contribution in [1.29, 1.82) is 0 Å². The number of hydrogen-bond donors (Lipinski definition) is 1. The molecule has 5 nitrogen and oxygen atoms in total. The van der Waals surface area contributed by atoms with E-state index < -0.39 is 17.1 Å². The highest BCUT2D eigenvalue weighted by molar-refractivity contribution is 8.15. The first-order chi connectivity index (χ1) is 21.5. The first kappa shape index (κ1) is 29.0. The zero-order valence-corrected chi connectivity index (χ0v) is 24.4. The molecule has 5 aromatic rings. The second kappa shape index (κ2) is 13.0. The van der Waals surface area contributed by atoms with Gasteiger partial charge in [0.05, 0.1) is 11.3 Å². The van der Waals surface area contributed by atoms with Crippen LogP contribution in [-0.4, -0.2) is 21.4 Å². The van der Waals surface area contributed by atoms with Gasteiger partial charge in [0.2, 0.25) is 0 Å². The normalized spacial score (nSPS) is 16.4. The standard InChI is InChI=1S/C37H28FNO4S/c38-29-17-14-26(15-18-29)33(41)20-21-35-36(39(37(42)44-35)30-11-5-2-6-12-30)32-19-16-28(27-10-7-13-31(40)22-27)23-34(32)43-24-25-8-3-1-4-9-25/h1-23,35-36,40H,24H2/b21-20+/t35-,36-/m1/s1. The number of amides is 1. The number of nitrogens with zero attached hydrogens (tertiary/aromatic N) is 1. The molecule has 218 valence electrons. The van der Waals surface area contributed by atoms with Gasteiger partial charge in [-0.05, 0) is 77.4 Å². The van der Waals surface area contributed by atoms with Crippen molar-refractivity contribution in [2.75, 3.05) is 4.90 Å². The van der Waals surface area contributed by atoms with E-state index in [2.05, 4.69) is 0 Å². The van der Waals surface area contributed by atoms with Crippen molar-refractivity contribution in [2.45, 2.75) is 17.9 Å². The minimum Gasteiger partial charge on any atom is -0.508 e. The van der Waals surface area contributed by atoms with Crippen molar-refractivity contribution < 1.29 is 23.8 Å². The average Bonchev–Trinajstić information content (AvgIpc) is 3.39. The van der Waals surface area contributed by atoms with Gasteiger partial charge in [-0.15, -0.1) is 0 Å². The van der Waals surface area contributed by atoms with E-state index in [0.29, 0.717) is 17.9 Å². The summed E-state index contributed by atoms with van der Waals surface area (Å²) in [6, 6.07) is 36.9. The molecule has 5 aromatic carbocycles. The predicted molar refractivity (Wildman–Crippen MR) is 173 cm³/mol. The Bertz CT molecular complexity index is 1810. The van der Waals surface area contributed by atoms with Crippen LogP contribution >= 0.6 is 11.8 Å². The number of phenolic OH excluding ortho intramolecular Hbond substituents is 1. The molecule has 0 spiro atoms. The number of halogens is 1. The molecule has 44 heavy (non-hydrogen) atoms. The first-order valence-corrected chi connectivity index (χ1v) is 15.0. The molecule has 0 bridgehead atoms. The number of thioether (sulfide) groups is 1. The van der Waals surface area contributed by atoms with Gasteiger partial charge in [-0.3, -0.25) is 14.5 Å². The van der Waals surface area contributed by atoms with Crippen molar-refractivity contribution in [3.05, 3.63) is 162 Å². The van der Waals surface area contributed by atoms with E-state index in [4.69, 9.17) is 4.74 Å². The van der Waals surface area contributed by atoms with Gasteiger partial charge in [0.1, 0.15) is 23.9 Å². The van der Waals surface area contributed by atoms with Crippen LogP contribution < -0.4 is 9.64 Å². The van der Waals surface area contributed by atoms with Crippen molar-refractivity contribution >= 4 is 28.5 Å². The van der Waals surface area contributed by atoms with Crippen LogP contribution in [0.2, 0.25) is 0 Å². The summed E-state index contributed by atoms with van der Waals surface area (Å²) in [6.45, 7) is 0.306. The van der Waals surface area contributed by atoms with Crippen LogP contribution in [0.1, 0.15) is 27.5 Å². The lowest BCUT2D eigenvalue weighted by molar-refractivity contribution is 0.104. The van der Waals surface area contributed by atoms with Crippen LogP contribution in [0.15, 0.2) is 140 Å². The van der Waals surface area contributed by atoms with Crippen LogP contribution in [0.25, 0.3) is 11.1 Å². The smallest absolute Gasteiger partial charge is 0.287 e. The summed E-state index contributed by atoms with van der Waals surface area (Å²) in [5.74, 6) is 0.0366. The number of aromatic hydroxyl groups is 1. The zero-order valence-electron chi connectivity index (χ0n) is 23.5. The molecule has 6 rings (SSSR count). The molecule has 7 heteroatoms. The highest BCUT2D eigenvalue weighted by Crippen LogP contribution is 2.48. The summed E-state index contributed by atoms with van der Waals surface area (Å²) in [4.78, 5) is 28.3. The van der Waals surface area contributed by atoms with E-state index in [-0.39, 0.29) is 16.8 Å². The Kier molecular flexibility index (Phi) is 8.57. The van der Waals surface area contributed by atoms with E-state index in [9.17, 15) is 19.1 Å². The minimum absolute atomic E-state index is 0.155. The van der Waals surface area contributed by atoms with Gasteiger partial charge in [-0.2, -0.15) is 0 Å². The third-order valence-corrected chi connectivity index (χ3v) is 8.46. The fraction of sp³-hybridized carbons (Fsp3) is 0.0811. The maximum Gasteiger partial charge on any atom is 0.287 e. The highest BCUT2D eigenvalue weighted by atomic mass is 32.2. The Hall–Kier alpha value is -5.14. The Morgan fingerprint density at radius 3 is 2.27 bits per heavy atom. The van der Waals surface area contributed by atoms with Gasteiger partial charge in [0, 0.05) is 16.8 Å². The van der Waals surface area contributed by atoms with Gasteiger partial charge < -0.3 is 9.84 Å². The Morgan fingerprint density at radius 1 is 0.841 bits per heavy atom. The number of carbonyl (C=O) groups is 2. The fourth-order valence-corrected chi connectivity index (χ4v) is 6.33. The van der Waals surface area contributed by atoms with Gasteiger partial charge in [0.15, 0.2) is 5.78 Å². The Morgan fingerprint density at radius 2 is 1.55 bits per heavy atom. The molecule has 0 aromatic heterocycles.